The van der Waals surface area contributed by atoms with E-state index in [-0.39, 0.29) is 0 Å². The first-order chi connectivity index (χ1) is 9.68. The van der Waals surface area contributed by atoms with Gasteiger partial charge in [0.2, 0.25) is 0 Å². The van der Waals surface area contributed by atoms with E-state index in [0.717, 1.165) is 17.1 Å². The Morgan fingerprint density at radius 3 is 2.95 bits per heavy atom. The number of benzene rings is 1. The molecule has 1 fully saturated rings. The third-order valence-electron chi connectivity index (χ3n) is 3.42. The maximum Gasteiger partial charge on any atom is 0.165 e. The lowest BCUT2D eigenvalue weighted by atomic mass is 10.0. The van der Waals surface area contributed by atoms with E-state index in [1.165, 1.54) is 0 Å². The lowest BCUT2D eigenvalue weighted by Crippen LogP contribution is -2.40. The van der Waals surface area contributed by atoms with Crippen LogP contribution in [-0.2, 0) is 11.3 Å². The maximum atomic E-state index is 10.2. The number of methoxy groups -OCH3 is 1. The summed E-state index contributed by atoms with van der Waals surface area (Å²) in [6.45, 7) is 4.70. The SMILES string of the molecule is CCOc1cccc(CNCC2(O)CCOC2)c1OC. The minimum absolute atomic E-state index is 0.399. The third-order valence-corrected chi connectivity index (χ3v) is 3.42. The Kier molecular flexibility index (Phi) is 5.23. The molecule has 5 nitrogen and oxygen atoms in total. The fourth-order valence-corrected chi connectivity index (χ4v) is 2.37. The van der Waals surface area contributed by atoms with Crippen LogP contribution < -0.4 is 14.8 Å². The van der Waals surface area contributed by atoms with E-state index in [0.29, 0.717) is 39.3 Å². The quantitative estimate of drug-likeness (QED) is 0.789. The van der Waals surface area contributed by atoms with Gasteiger partial charge in [0.15, 0.2) is 11.5 Å². The first-order valence-electron chi connectivity index (χ1n) is 6.98. The van der Waals surface area contributed by atoms with Gasteiger partial charge in [-0.1, -0.05) is 12.1 Å². The predicted molar refractivity (Wildman–Crippen MR) is 76.3 cm³/mol. The van der Waals surface area contributed by atoms with Gasteiger partial charge >= 0.3 is 0 Å². The van der Waals surface area contributed by atoms with Gasteiger partial charge in [-0.2, -0.15) is 0 Å². The van der Waals surface area contributed by atoms with E-state index in [1.807, 2.05) is 25.1 Å². The molecule has 2 N–H and O–H groups in total. The second kappa shape index (κ2) is 6.92. The van der Waals surface area contributed by atoms with E-state index in [9.17, 15) is 5.11 Å². The minimum atomic E-state index is -0.745. The van der Waals surface area contributed by atoms with Crippen LogP contribution in [0, 0.1) is 0 Å². The van der Waals surface area contributed by atoms with Crippen LogP contribution in [0.4, 0.5) is 0 Å². The second-order valence-electron chi connectivity index (χ2n) is 5.01. The summed E-state index contributed by atoms with van der Waals surface area (Å²) in [6, 6.07) is 5.83. The molecular formula is C15H23NO4. The van der Waals surface area contributed by atoms with Gasteiger partial charge in [-0.15, -0.1) is 0 Å². The molecule has 1 unspecified atom stereocenters. The Morgan fingerprint density at radius 2 is 2.30 bits per heavy atom. The van der Waals surface area contributed by atoms with Crippen LogP contribution in [0.25, 0.3) is 0 Å². The molecule has 1 heterocycles. The lowest BCUT2D eigenvalue weighted by Gasteiger charge is -2.21. The highest BCUT2D eigenvalue weighted by molar-refractivity contribution is 5.46. The first kappa shape index (κ1) is 15.1. The summed E-state index contributed by atoms with van der Waals surface area (Å²) in [7, 11) is 1.64. The first-order valence-corrected chi connectivity index (χ1v) is 6.98. The number of aliphatic hydroxyl groups is 1. The Balaban J connectivity index is 1.96. The molecule has 5 heteroatoms. The van der Waals surface area contributed by atoms with Gasteiger partial charge in [0.1, 0.15) is 5.60 Å². The van der Waals surface area contributed by atoms with Gasteiger partial charge < -0.3 is 24.6 Å². The van der Waals surface area contributed by atoms with Gasteiger partial charge in [-0.3, -0.25) is 0 Å². The molecule has 1 aromatic carbocycles. The molecule has 1 atom stereocenters. The molecule has 0 bridgehead atoms. The van der Waals surface area contributed by atoms with Crippen molar-refractivity contribution in [2.45, 2.75) is 25.5 Å². The topological polar surface area (TPSA) is 60.0 Å². The van der Waals surface area contributed by atoms with E-state index in [4.69, 9.17) is 14.2 Å². The zero-order valence-corrected chi connectivity index (χ0v) is 12.1. The van der Waals surface area contributed by atoms with Gasteiger partial charge in [0.25, 0.3) is 0 Å². The molecule has 1 aliphatic heterocycles. The summed E-state index contributed by atoms with van der Waals surface area (Å²) in [6.07, 6.45) is 0.677. The highest BCUT2D eigenvalue weighted by atomic mass is 16.5. The van der Waals surface area contributed by atoms with Gasteiger partial charge in [0, 0.05) is 31.7 Å². The predicted octanol–water partition coefficient (Wildman–Crippen LogP) is 1.33. The molecule has 1 saturated heterocycles. The molecule has 0 amide bonds. The summed E-state index contributed by atoms with van der Waals surface area (Å²) in [5, 5.41) is 13.5. The van der Waals surface area contributed by atoms with Crippen LogP contribution in [0.15, 0.2) is 18.2 Å². The molecular weight excluding hydrogens is 258 g/mol. The fraction of sp³-hybridized carbons (Fsp3) is 0.600. The van der Waals surface area contributed by atoms with Crippen molar-refractivity contribution in [3.63, 3.8) is 0 Å². The van der Waals surface area contributed by atoms with Crippen molar-refractivity contribution in [1.29, 1.82) is 0 Å². The molecule has 112 valence electrons. The molecule has 0 radical (unpaired) electrons. The van der Waals surface area contributed by atoms with Crippen LogP contribution in [0.1, 0.15) is 18.9 Å². The minimum Gasteiger partial charge on any atom is -0.493 e. The summed E-state index contributed by atoms with van der Waals surface area (Å²) >= 11 is 0. The molecule has 0 saturated carbocycles. The van der Waals surface area contributed by atoms with E-state index in [1.54, 1.807) is 7.11 Å². The second-order valence-corrected chi connectivity index (χ2v) is 5.01. The Hall–Kier alpha value is -1.30. The van der Waals surface area contributed by atoms with Crippen LogP contribution in [0.2, 0.25) is 0 Å². The highest BCUT2D eigenvalue weighted by Gasteiger charge is 2.31. The third kappa shape index (κ3) is 3.62. The van der Waals surface area contributed by atoms with Crippen LogP contribution in [-0.4, -0.2) is 44.2 Å². The average molecular weight is 281 g/mol. The average Bonchev–Trinajstić information content (AvgIpc) is 2.86. The molecule has 20 heavy (non-hydrogen) atoms. The molecule has 0 spiro atoms. The van der Waals surface area contributed by atoms with Crippen molar-refractivity contribution in [3.8, 4) is 11.5 Å². The largest absolute Gasteiger partial charge is 0.493 e. The number of hydrogen-bond donors (Lipinski definition) is 2. The van der Waals surface area contributed by atoms with Crippen molar-refractivity contribution in [2.75, 3.05) is 33.5 Å². The molecule has 0 aliphatic carbocycles. The van der Waals surface area contributed by atoms with E-state index >= 15 is 0 Å². The summed E-state index contributed by atoms with van der Waals surface area (Å²) in [4.78, 5) is 0. The van der Waals surface area contributed by atoms with Crippen LogP contribution >= 0.6 is 0 Å². The summed E-state index contributed by atoms with van der Waals surface area (Å²) < 4.78 is 16.2. The fourth-order valence-electron chi connectivity index (χ4n) is 2.37. The molecule has 0 aromatic heterocycles. The number of rotatable bonds is 7. The summed E-state index contributed by atoms with van der Waals surface area (Å²) in [5.41, 5.74) is 0.270. The Morgan fingerprint density at radius 1 is 1.45 bits per heavy atom. The van der Waals surface area contributed by atoms with Crippen molar-refractivity contribution in [3.05, 3.63) is 23.8 Å². The van der Waals surface area contributed by atoms with Crippen molar-refractivity contribution >= 4 is 0 Å². The Bertz CT molecular complexity index is 430. The van der Waals surface area contributed by atoms with Gasteiger partial charge in [0.05, 0.1) is 20.3 Å². The van der Waals surface area contributed by atoms with Crippen molar-refractivity contribution in [2.24, 2.45) is 0 Å². The lowest BCUT2D eigenvalue weighted by molar-refractivity contribution is 0.0268. The normalized spacial score (nSPS) is 21.9. The van der Waals surface area contributed by atoms with E-state index < -0.39 is 5.60 Å². The van der Waals surface area contributed by atoms with Crippen LogP contribution in [0.3, 0.4) is 0 Å². The number of nitrogens with one attached hydrogen (secondary N) is 1. The van der Waals surface area contributed by atoms with Crippen LogP contribution in [0.5, 0.6) is 11.5 Å². The molecule has 1 aromatic rings. The standard InChI is InChI=1S/C15H23NO4/c1-3-20-13-6-4-5-12(14(13)18-2)9-16-10-15(17)7-8-19-11-15/h4-6,16-17H,3,7-11H2,1-2H3. The smallest absolute Gasteiger partial charge is 0.165 e. The zero-order valence-electron chi connectivity index (χ0n) is 12.1. The maximum absolute atomic E-state index is 10.2. The monoisotopic (exact) mass is 281 g/mol. The molecule has 1 aliphatic rings. The van der Waals surface area contributed by atoms with E-state index in [2.05, 4.69) is 5.32 Å². The summed E-state index contributed by atoms with van der Waals surface area (Å²) in [5.74, 6) is 1.49. The Labute approximate surface area is 119 Å². The van der Waals surface area contributed by atoms with Crippen molar-refractivity contribution in [1.82, 2.24) is 5.32 Å². The van der Waals surface area contributed by atoms with Crippen molar-refractivity contribution < 1.29 is 19.3 Å². The number of ether oxygens (including phenoxy) is 3. The van der Waals surface area contributed by atoms with Gasteiger partial charge in [-0.05, 0) is 13.0 Å². The van der Waals surface area contributed by atoms with Gasteiger partial charge in [-0.25, -0.2) is 0 Å². The molecule has 2 rings (SSSR count). The number of hydrogen-bond acceptors (Lipinski definition) is 5. The highest BCUT2D eigenvalue weighted by Crippen LogP contribution is 2.31. The zero-order chi connectivity index (χ0) is 14.4. The number of para-hydroxylation sites is 1.